The molecule has 3 N–H and O–H groups in total. The number of nitrogens with zero attached hydrogens (tertiary/aromatic N) is 2. The Hall–Kier alpha value is -0.460. The maximum atomic E-state index is 5.97. The molecule has 3 aliphatic rings. The maximum Gasteiger partial charge on any atom is 0.188 e. The summed E-state index contributed by atoms with van der Waals surface area (Å²) in [5.41, 5.74) is 6.18. The van der Waals surface area contributed by atoms with Crippen LogP contribution in [0.15, 0.2) is 4.99 Å². The molecule has 108 valence electrons. The average Bonchev–Trinajstić information content (AvgIpc) is 3.12. The Morgan fingerprint density at radius 1 is 1.42 bits per heavy atom. The van der Waals surface area contributed by atoms with Crippen LogP contribution in [-0.4, -0.2) is 66.8 Å². The largest absolute Gasteiger partial charge is 0.379 e. The summed E-state index contributed by atoms with van der Waals surface area (Å²) in [5, 5.41) is 3.28. The molecule has 2 aliphatic heterocycles. The van der Waals surface area contributed by atoms with Crippen LogP contribution in [0.3, 0.4) is 0 Å². The second-order valence-corrected chi connectivity index (χ2v) is 6.85. The van der Waals surface area contributed by atoms with E-state index in [0.29, 0.717) is 12.0 Å². The van der Waals surface area contributed by atoms with Gasteiger partial charge in [0.25, 0.3) is 0 Å². The van der Waals surface area contributed by atoms with Gasteiger partial charge in [-0.3, -0.25) is 9.89 Å². The topological polar surface area (TPSA) is 62.9 Å². The van der Waals surface area contributed by atoms with E-state index in [-0.39, 0.29) is 5.54 Å². The van der Waals surface area contributed by atoms with Gasteiger partial charge in [-0.2, -0.15) is 11.8 Å². The second-order valence-electron chi connectivity index (χ2n) is 5.75. The van der Waals surface area contributed by atoms with Crippen LogP contribution in [0.5, 0.6) is 0 Å². The molecule has 0 aromatic heterocycles. The minimum atomic E-state index is 0.213. The summed E-state index contributed by atoms with van der Waals surface area (Å²) < 4.78 is 5.47. The zero-order chi connectivity index (χ0) is 13.1. The van der Waals surface area contributed by atoms with Crippen LogP contribution in [0.25, 0.3) is 0 Å². The predicted octanol–water partition coefficient (Wildman–Crippen LogP) is 0.261. The number of nitrogens with one attached hydrogen (secondary N) is 1. The smallest absolute Gasteiger partial charge is 0.188 e. The van der Waals surface area contributed by atoms with Crippen molar-refractivity contribution in [3.8, 4) is 0 Å². The van der Waals surface area contributed by atoms with Gasteiger partial charge in [0.1, 0.15) is 0 Å². The first-order chi connectivity index (χ1) is 9.28. The summed E-state index contributed by atoms with van der Waals surface area (Å²) in [5.74, 6) is 3.04. The molecule has 3 rings (SSSR count). The zero-order valence-electron chi connectivity index (χ0n) is 11.4. The summed E-state index contributed by atoms with van der Waals surface area (Å²) >= 11 is 2.04. The summed E-state index contributed by atoms with van der Waals surface area (Å²) in [6.45, 7) is 4.60. The molecular weight excluding hydrogens is 260 g/mol. The van der Waals surface area contributed by atoms with Crippen LogP contribution in [-0.2, 0) is 4.74 Å². The molecule has 19 heavy (non-hydrogen) atoms. The highest BCUT2D eigenvalue weighted by atomic mass is 32.2. The highest BCUT2D eigenvalue weighted by molar-refractivity contribution is 7.99. The Balaban J connectivity index is 1.62. The number of morpholine rings is 1. The van der Waals surface area contributed by atoms with E-state index in [1.165, 1.54) is 30.8 Å². The summed E-state index contributed by atoms with van der Waals surface area (Å²) in [6.07, 6.45) is 3.69. The molecule has 1 unspecified atom stereocenters. The molecule has 1 saturated carbocycles. The first kappa shape index (κ1) is 13.5. The molecule has 1 atom stereocenters. The van der Waals surface area contributed by atoms with Gasteiger partial charge in [0, 0.05) is 24.9 Å². The van der Waals surface area contributed by atoms with Crippen molar-refractivity contribution < 1.29 is 4.74 Å². The third-order valence-corrected chi connectivity index (χ3v) is 5.47. The number of nitrogens with two attached hydrogens (primary N) is 1. The highest BCUT2D eigenvalue weighted by Gasteiger charge is 2.40. The van der Waals surface area contributed by atoms with Crippen LogP contribution in [0.1, 0.15) is 19.3 Å². The number of guanidine groups is 1. The molecule has 0 spiro atoms. The quantitative estimate of drug-likeness (QED) is 0.573. The molecule has 2 heterocycles. The first-order valence-electron chi connectivity index (χ1n) is 7.26. The molecular formula is C13H24N4OS. The van der Waals surface area contributed by atoms with Gasteiger partial charge in [-0.05, 0) is 25.0 Å². The minimum absolute atomic E-state index is 0.213. The average molecular weight is 284 g/mol. The number of hydrogen-bond donors (Lipinski definition) is 2. The van der Waals surface area contributed by atoms with Crippen molar-refractivity contribution in [1.82, 2.24) is 10.2 Å². The lowest BCUT2D eigenvalue weighted by Crippen LogP contribution is -2.56. The molecule has 0 bridgehead atoms. The Morgan fingerprint density at radius 2 is 2.21 bits per heavy atom. The van der Waals surface area contributed by atoms with Gasteiger partial charge in [0.15, 0.2) is 5.96 Å². The van der Waals surface area contributed by atoms with E-state index in [4.69, 9.17) is 10.5 Å². The van der Waals surface area contributed by atoms with E-state index in [1.807, 2.05) is 11.8 Å². The maximum absolute atomic E-state index is 5.97. The van der Waals surface area contributed by atoms with Gasteiger partial charge >= 0.3 is 0 Å². The predicted molar refractivity (Wildman–Crippen MR) is 79.7 cm³/mol. The van der Waals surface area contributed by atoms with Crippen molar-refractivity contribution >= 4 is 17.7 Å². The van der Waals surface area contributed by atoms with E-state index < -0.39 is 0 Å². The van der Waals surface area contributed by atoms with Crippen molar-refractivity contribution in [2.75, 3.05) is 44.4 Å². The van der Waals surface area contributed by atoms with Crippen LogP contribution in [0.4, 0.5) is 0 Å². The van der Waals surface area contributed by atoms with Gasteiger partial charge in [-0.1, -0.05) is 0 Å². The van der Waals surface area contributed by atoms with Crippen LogP contribution >= 0.6 is 11.8 Å². The van der Waals surface area contributed by atoms with E-state index in [2.05, 4.69) is 15.2 Å². The monoisotopic (exact) mass is 284 g/mol. The van der Waals surface area contributed by atoms with Crippen molar-refractivity contribution in [3.63, 3.8) is 0 Å². The van der Waals surface area contributed by atoms with Gasteiger partial charge in [0.05, 0.1) is 25.3 Å². The first-order valence-corrected chi connectivity index (χ1v) is 8.41. The SMILES string of the molecule is NC(=NCC1(N2CCOCC2)CCSC1)NC1CC1. The lowest BCUT2D eigenvalue weighted by atomic mass is 9.96. The number of aliphatic imine (C=N–C) groups is 1. The molecule has 3 fully saturated rings. The number of rotatable bonds is 4. The van der Waals surface area contributed by atoms with Crippen molar-refractivity contribution in [3.05, 3.63) is 0 Å². The fourth-order valence-corrected chi connectivity index (χ4v) is 4.29. The minimum Gasteiger partial charge on any atom is -0.379 e. The fraction of sp³-hybridized carbons (Fsp3) is 0.923. The summed E-state index contributed by atoms with van der Waals surface area (Å²) in [4.78, 5) is 7.19. The van der Waals surface area contributed by atoms with E-state index in [1.54, 1.807) is 0 Å². The number of thioether (sulfide) groups is 1. The second kappa shape index (κ2) is 5.89. The number of hydrogen-bond acceptors (Lipinski definition) is 4. The molecule has 0 amide bonds. The molecule has 5 nitrogen and oxygen atoms in total. The Morgan fingerprint density at radius 3 is 2.84 bits per heavy atom. The third-order valence-electron chi connectivity index (χ3n) is 4.24. The lowest BCUT2D eigenvalue weighted by molar-refractivity contribution is -0.0104. The number of ether oxygens (including phenoxy) is 1. The summed E-state index contributed by atoms with van der Waals surface area (Å²) in [7, 11) is 0. The lowest BCUT2D eigenvalue weighted by Gasteiger charge is -2.42. The summed E-state index contributed by atoms with van der Waals surface area (Å²) in [6, 6.07) is 0.584. The van der Waals surface area contributed by atoms with Crippen LogP contribution in [0.2, 0.25) is 0 Å². The third kappa shape index (κ3) is 3.35. The molecule has 6 heteroatoms. The normalized spacial score (nSPS) is 33.6. The highest BCUT2D eigenvalue weighted by Crippen LogP contribution is 2.34. The van der Waals surface area contributed by atoms with Crippen molar-refractivity contribution in [2.24, 2.45) is 10.7 Å². The standard InChI is InChI=1S/C13H24N4OS/c14-12(16-11-1-2-11)15-9-13(3-8-19-10-13)17-4-6-18-7-5-17/h11H,1-10H2,(H3,14,15,16). The molecule has 2 saturated heterocycles. The molecule has 0 aromatic carbocycles. The van der Waals surface area contributed by atoms with E-state index in [9.17, 15) is 0 Å². The van der Waals surface area contributed by atoms with Gasteiger partial charge in [-0.25, -0.2) is 0 Å². The molecule has 0 radical (unpaired) electrons. The van der Waals surface area contributed by atoms with Crippen LogP contribution in [0, 0.1) is 0 Å². The van der Waals surface area contributed by atoms with E-state index >= 15 is 0 Å². The van der Waals surface area contributed by atoms with Crippen molar-refractivity contribution in [1.29, 1.82) is 0 Å². The van der Waals surface area contributed by atoms with Gasteiger partial charge in [0.2, 0.25) is 0 Å². The fourth-order valence-electron chi connectivity index (χ4n) is 2.82. The Bertz CT molecular complexity index is 334. The van der Waals surface area contributed by atoms with Crippen molar-refractivity contribution in [2.45, 2.75) is 30.8 Å². The van der Waals surface area contributed by atoms with E-state index in [0.717, 1.165) is 32.8 Å². The Labute approximate surface area is 119 Å². The Kier molecular flexibility index (Phi) is 4.19. The molecule has 1 aliphatic carbocycles. The zero-order valence-corrected chi connectivity index (χ0v) is 12.3. The molecule has 0 aromatic rings. The van der Waals surface area contributed by atoms with Gasteiger partial charge < -0.3 is 15.8 Å². The van der Waals surface area contributed by atoms with Crippen LogP contribution < -0.4 is 11.1 Å². The van der Waals surface area contributed by atoms with Gasteiger partial charge in [-0.15, -0.1) is 0 Å².